The Kier molecular flexibility index (Phi) is 9.54. The molecule has 0 unspecified atom stereocenters. The number of nitrogens with zero attached hydrogens (tertiary/aromatic N) is 5. The van der Waals surface area contributed by atoms with Crippen molar-refractivity contribution in [2.75, 3.05) is 4.81 Å². The molecular formula is C52H36BN5OPt. The first-order chi connectivity index (χ1) is 29.1. The average Bonchev–Trinajstić information content (AvgIpc) is 3.91. The summed E-state index contributed by atoms with van der Waals surface area (Å²) in [6.45, 7) is 4.16. The fraction of sp³-hybridized carbons (Fsp3) is 0.0385. The van der Waals surface area contributed by atoms with Gasteiger partial charge in [-0.1, -0.05) is 156 Å². The van der Waals surface area contributed by atoms with Gasteiger partial charge in [0.2, 0.25) is 0 Å². The number of ether oxygens (including phenoxy) is 1. The molecule has 7 aromatic carbocycles. The van der Waals surface area contributed by atoms with Gasteiger partial charge in [0.15, 0.2) is 0 Å². The Balaban J connectivity index is 0.00000433. The zero-order valence-electron chi connectivity index (χ0n) is 32.9. The van der Waals surface area contributed by atoms with Crippen LogP contribution in [0.25, 0.3) is 61.3 Å². The zero-order valence-corrected chi connectivity index (χ0v) is 35.1. The van der Waals surface area contributed by atoms with Crippen LogP contribution in [-0.4, -0.2) is 26.0 Å². The third kappa shape index (κ3) is 6.16. The number of imidazole rings is 1. The third-order valence-corrected chi connectivity index (χ3v) is 11.5. The van der Waals surface area contributed by atoms with Crippen LogP contribution < -0.4 is 15.0 Å². The predicted molar refractivity (Wildman–Crippen MR) is 240 cm³/mol. The molecule has 0 N–H and O–H groups in total. The molecule has 288 valence electrons. The number of anilines is 2. The molecule has 0 spiro atoms. The molecule has 0 amide bonds. The van der Waals surface area contributed by atoms with Crippen LogP contribution in [0.15, 0.2) is 182 Å². The van der Waals surface area contributed by atoms with Crippen molar-refractivity contribution in [3.63, 3.8) is 0 Å². The van der Waals surface area contributed by atoms with Crippen molar-refractivity contribution in [2.24, 2.45) is 0 Å². The number of hydrogen-bond acceptors (Lipinski definition) is 4. The molecule has 3 aromatic heterocycles. The van der Waals surface area contributed by atoms with E-state index in [0.29, 0.717) is 11.5 Å². The summed E-state index contributed by atoms with van der Waals surface area (Å²) in [6, 6.07) is 64.5. The Bertz CT molecular complexity index is 3100. The topological polar surface area (TPSA) is 48.1 Å². The van der Waals surface area contributed by atoms with Gasteiger partial charge in [-0.05, 0) is 59.7 Å². The minimum absolute atomic E-state index is 0. The fourth-order valence-electron chi connectivity index (χ4n) is 8.88. The van der Waals surface area contributed by atoms with E-state index in [9.17, 15) is 0 Å². The summed E-state index contributed by atoms with van der Waals surface area (Å²) in [5.74, 6) is 2.80. The van der Waals surface area contributed by atoms with Crippen LogP contribution in [0.1, 0.15) is 11.1 Å². The van der Waals surface area contributed by atoms with Gasteiger partial charge < -0.3 is 18.6 Å². The number of rotatable bonds is 7. The van der Waals surface area contributed by atoms with Crippen LogP contribution in [0.3, 0.4) is 0 Å². The van der Waals surface area contributed by atoms with Gasteiger partial charge >= 0.3 is 28.0 Å². The molecule has 0 bridgehead atoms. The van der Waals surface area contributed by atoms with Gasteiger partial charge in [-0.3, -0.25) is 4.98 Å². The molecule has 10 aromatic rings. The maximum absolute atomic E-state index is 6.71. The largest absolute Gasteiger partial charge is 2.00 e. The minimum Gasteiger partial charge on any atom is -0.503 e. The van der Waals surface area contributed by atoms with Crippen molar-refractivity contribution >= 4 is 45.6 Å². The second-order valence-corrected chi connectivity index (χ2v) is 15.0. The van der Waals surface area contributed by atoms with Gasteiger partial charge in [0, 0.05) is 58.2 Å². The minimum atomic E-state index is -0.252. The van der Waals surface area contributed by atoms with E-state index in [1.54, 1.807) is 0 Å². The Morgan fingerprint density at radius 2 is 1.22 bits per heavy atom. The van der Waals surface area contributed by atoms with E-state index < -0.39 is 0 Å². The summed E-state index contributed by atoms with van der Waals surface area (Å²) in [4.78, 5) is 12.2. The number of hydrogen-bond donors (Lipinski definition) is 0. The maximum atomic E-state index is 6.71. The van der Waals surface area contributed by atoms with Crippen LogP contribution in [-0.2, 0) is 21.1 Å². The summed E-state index contributed by atoms with van der Waals surface area (Å²) >= 11 is 0. The molecule has 8 heteroatoms. The molecule has 60 heavy (non-hydrogen) atoms. The molecule has 4 heterocycles. The normalized spacial score (nSPS) is 12.0. The average molecular weight is 953 g/mol. The number of benzene rings is 7. The summed E-state index contributed by atoms with van der Waals surface area (Å²) in [5.41, 5.74) is 13.1. The zero-order chi connectivity index (χ0) is 39.5. The van der Waals surface area contributed by atoms with Crippen LogP contribution >= 0.6 is 0 Å². The van der Waals surface area contributed by atoms with E-state index >= 15 is 0 Å². The summed E-state index contributed by atoms with van der Waals surface area (Å²) in [7, 11) is 0. The van der Waals surface area contributed by atoms with Crippen LogP contribution in [0.4, 0.5) is 11.4 Å². The Morgan fingerprint density at radius 3 is 1.93 bits per heavy atom. The SMILES string of the molecule is Cc1cccc(C)c1B1N(c2c(-c3ccccc3)cccc2-c2ccccc2)c2ccc(Oc3[c-]c4c(cc3)c3ccccc3n4-c3ccccn3)[c-]c2-c2nccn21.[Pt+2]. The Hall–Kier alpha value is -6.95. The first-order valence-electron chi connectivity index (χ1n) is 19.9. The number of fused-ring (bicyclic) bond motifs is 6. The van der Waals surface area contributed by atoms with Gasteiger partial charge in [-0.2, -0.15) is 6.07 Å². The molecule has 0 saturated heterocycles. The first kappa shape index (κ1) is 37.3. The van der Waals surface area contributed by atoms with Crippen molar-refractivity contribution in [3.8, 4) is 51.0 Å². The van der Waals surface area contributed by atoms with Crippen molar-refractivity contribution < 1.29 is 25.8 Å². The Labute approximate surface area is 363 Å². The molecule has 11 rings (SSSR count). The van der Waals surface area contributed by atoms with Crippen LogP contribution in [0.5, 0.6) is 11.5 Å². The molecule has 0 atom stereocenters. The number of para-hydroxylation sites is 2. The van der Waals surface area contributed by atoms with E-state index in [1.165, 1.54) is 16.6 Å². The van der Waals surface area contributed by atoms with Gasteiger partial charge in [-0.25, -0.2) is 4.98 Å². The van der Waals surface area contributed by atoms with E-state index in [2.05, 4.69) is 179 Å². The quantitative estimate of drug-likeness (QED) is 0.118. The summed E-state index contributed by atoms with van der Waals surface area (Å²) in [6.07, 6.45) is 5.80. The molecule has 6 nitrogen and oxygen atoms in total. The van der Waals surface area contributed by atoms with Gasteiger partial charge in [-0.15, -0.1) is 23.6 Å². The number of aromatic nitrogens is 4. The predicted octanol–water partition coefficient (Wildman–Crippen LogP) is 11.8. The maximum Gasteiger partial charge on any atom is 2.00 e. The van der Waals surface area contributed by atoms with Gasteiger partial charge in [0.05, 0.1) is 0 Å². The van der Waals surface area contributed by atoms with E-state index in [-0.39, 0.29) is 28.0 Å². The van der Waals surface area contributed by atoms with E-state index in [0.717, 1.165) is 72.6 Å². The monoisotopic (exact) mass is 952 g/mol. The molecule has 0 aliphatic carbocycles. The number of pyridine rings is 1. The van der Waals surface area contributed by atoms with Crippen LogP contribution in [0.2, 0.25) is 0 Å². The van der Waals surface area contributed by atoms with Gasteiger partial charge in [0.1, 0.15) is 5.82 Å². The summed E-state index contributed by atoms with van der Waals surface area (Å²) in [5, 5.41) is 2.21. The number of aryl methyl sites for hydroxylation is 2. The molecule has 0 fully saturated rings. The molecule has 1 aliphatic rings. The van der Waals surface area contributed by atoms with E-state index in [4.69, 9.17) is 14.7 Å². The molecule has 1 aliphatic heterocycles. The molecular weight excluding hydrogens is 916 g/mol. The van der Waals surface area contributed by atoms with Crippen molar-refractivity contribution in [3.05, 3.63) is 206 Å². The van der Waals surface area contributed by atoms with Crippen LogP contribution in [0, 0.1) is 26.0 Å². The summed E-state index contributed by atoms with van der Waals surface area (Å²) < 4.78 is 11.1. The van der Waals surface area contributed by atoms with Gasteiger partial charge in [0.25, 0.3) is 0 Å². The second-order valence-electron chi connectivity index (χ2n) is 15.0. The van der Waals surface area contributed by atoms with E-state index in [1.807, 2.05) is 42.7 Å². The fourth-order valence-corrected chi connectivity index (χ4v) is 8.88. The standard InChI is InChI=1S/C52H36BN5O.Pt/c1-35-15-13-16-36(2)50(35)53-56-32-31-55-52(56)45-33-39(59-40-26-28-44-43-21-9-10-24-46(43)57(48(44)34-40)49-25-11-12-30-54-49)27-29-47(45)58(53)51-41(37-17-5-3-6-18-37)22-14-23-42(51)38-19-7-4-8-20-38;/h3-32H,1-2H3;/q-2;+2. The smallest absolute Gasteiger partial charge is 0.503 e. The van der Waals surface area contributed by atoms with Crippen molar-refractivity contribution in [1.29, 1.82) is 0 Å². The second kappa shape index (κ2) is 15.3. The molecule has 0 radical (unpaired) electrons. The molecule has 0 saturated carbocycles. The third-order valence-electron chi connectivity index (χ3n) is 11.5. The van der Waals surface area contributed by atoms with Crippen molar-refractivity contribution in [2.45, 2.75) is 13.8 Å². The Morgan fingerprint density at radius 1 is 0.567 bits per heavy atom. The first-order valence-corrected chi connectivity index (χ1v) is 19.9. The van der Waals surface area contributed by atoms with Crippen molar-refractivity contribution in [1.82, 2.24) is 19.0 Å².